The Labute approximate surface area is 146 Å². The van der Waals surface area contributed by atoms with Gasteiger partial charge in [0.2, 0.25) is 5.95 Å². The molecule has 0 aromatic carbocycles. The van der Waals surface area contributed by atoms with Crippen LogP contribution in [0.1, 0.15) is 29.7 Å². The molecule has 0 saturated carbocycles. The molecule has 1 aliphatic heterocycles. The quantitative estimate of drug-likeness (QED) is 0.732. The van der Waals surface area contributed by atoms with Crippen molar-refractivity contribution in [3.8, 4) is 0 Å². The second kappa shape index (κ2) is 7.21. The van der Waals surface area contributed by atoms with Gasteiger partial charge in [0.25, 0.3) is 0 Å². The number of fused-ring (bicyclic) bond motifs is 3. The van der Waals surface area contributed by atoms with Gasteiger partial charge in [0.1, 0.15) is 10.6 Å². The standard InChI is InChI=1S/C17H25N5OS/c23-11-8-19-15-14-12-4-2-1-3-5-13(12)24-16(14)21-17(20-15)22-9-6-18-7-10-22/h18,23H,1-11H2,(H,19,20,21). The summed E-state index contributed by atoms with van der Waals surface area (Å²) in [6.07, 6.45) is 6.12. The van der Waals surface area contributed by atoms with E-state index in [-0.39, 0.29) is 6.61 Å². The van der Waals surface area contributed by atoms with Gasteiger partial charge in [-0.05, 0) is 31.2 Å². The molecule has 0 amide bonds. The highest BCUT2D eigenvalue weighted by molar-refractivity contribution is 7.19. The van der Waals surface area contributed by atoms with Crippen LogP contribution in [0.2, 0.25) is 0 Å². The summed E-state index contributed by atoms with van der Waals surface area (Å²) >= 11 is 1.84. The lowest BCUT2D eigenvalue weighted by atomic mass is 10.1. The number of nitrogens with one attached hydrogen (secondary N) is 2. The van der Waals surface area contributed by atoms with Crippen molar-refractivity contribution in [1.82, 2.24) is 15.3 Å². The van der Waals surface area contributed by atoms with Gasteiger partial charge in [-0.3, -0.25) is 0 Å². The van der Waals surface area contributed by atoms with E-state index >= 15 is 0 Å². The number of hydrogen-bond donors (Lipinski definition) is 3. The molecule has 2 aromatic rings. The van der Waals surface area contributed by atoms with E-state index in [0.29, 0.717) is 6.54 Å². The summed E-state index contributed by atoms with van der Waals surface area (Å²) in [6.45, 7) is 4.47. The zero-order chi connectivity index (χ0) is 16.4. The van der Waals surface area contributed by atoms with Crippen LogP contribution in [0.25, 0.3) is 10.2 Å². The monoisotopic (exact) mass is 347 g/mol. The second-order valence-corrected chi connectivity index (χ2v) is 7.59. The van der Waals surface area contributed by atoms with Crippen LogP contribution in [0.4, 0.5) is 11.8 Å². The molecule has 2 aliphatic rings. The molecule has 0 spiro atoms. The van der Waals surface area contributed by atoms with Gasteiger partial charge in [0.05, 0.1) is 12.0 Å². The average molecular weight is 347 g/mol. The molecule has 7 heteroatoms. The van der Waals surface area contributed by atoms with Crippen LogP contribution in [0.5, 0.6) is 0 Å². The molecular weight excluding hydrogens is 322 g/mol. The number of rotatable bonds is 4. The van der Waals surface area contributed by atoms with Crippen LogP contribution in [0.3, 0.4) is 0 Å². The molecule has 1 aliphatic carbocycles. The Hall–Kier alpha value is -1.44. The maximum Gasteiger partial charge on any atom is 0.228 e. The molecule has 130 valence electrons. The van der Waals surface area contributed by atoms with Crippen LogP contribution in [0.15, 0.2) is 0 Å². The van der Waals surface area contributed by atoms with E-state index in [2.05, 4.69) is 15.5 Å². The van der Waals surface area contributed by atoms with Gasteiger partial charge in [-0.15, -0.1) is 11.3 Å². The van der Waals surface area contributed by atoms with Crippen molar-refractivity contribution >= 4 is 33.3 Å². The second-order valence-electron chi connectivity index (χ2n) is 6.50. The number of aliphatic hydroxyl groups is 1. The summed E-state index contributed by atoms with van der Waals surface area (Å²) in [7, 11) is 0. The molecule has 0 atom stereocenters. The molecule has 0 bridgehead atoms. The van der Waals surface area contributed by atoms with Crippen molar-refractivity contribution in [3.05, 3.63) is 10.4 Å². The summed E-state index contributed by atoms with van der Waals surface area (Å²) in [5.74, 6) is 1.72. The smallest absolute Gasteiger partial charge is 0.228 e. The van der Waals surface area contributed by atoms with Gasteiger partial charge in [-0.2, -0.15) is 4.98 Å². The Balaban J connectivity index is 1.79. The molecule has 2 aromatic heterocycles. The van der Waals surface area contributed by atoms with Crippen molar-refractivity contribution in [2.75, 3.05) is 49.5 Å². The molecule has 3 heterocycles. The maximum atomic E-state index is 9.23. The highest BCUT2D eigenvalue weighted by atomic mass is 32.1. The van der Waals surface area contributed by atoms with Crippen LogP contribution >= 0.6 is 11.3 Å². The molecule has 4 rings (SSSR count). The SMILES string of the molecule is OCCNc1nc(N2CCNCC2)nc2sc3c(c12)CCCCC3. The fourth-order valence-corrected chi connectivity index (χ4v) is 4.89. The third kappa shape index (κ3) is 3.08. The summed E-state index contributed by atoms with van der Waals surface area (Å²) in [4.78, 5) is 14.6. The van der Waals surface area contributed by atoms with Crippen molar-refractivity contribution in [3.63, 3.8) is 0 Å². The minimum Gasteiger partial charge on any atom is -0.395 e. The normalized spacial score (nSPS) is 18.5. The van der Waals surface area contributed by atoms with Crippen molar-refractivity contribution in [2.45, 2.75) is 32.1 Å². The first-order valence-corrected chi connectivity index (χ1v) is 9.81. The summed E-state index contributed by atoms with van der Waals surface area (Å²) in [5, 5.41) is 17.1. The van der Waals surface area contributed by atoms with Gasteiger partial charge in [-0.1, -0.05) is 6.42 Å². The number of hydrogen-bond acceptors (Lipinski definition) is 7. The van der Waals surface area contributed by atoms with Crippen LogP contribution in [0, 0.1) is 0 Å². The summed E-state index contributed by atoms with van der Waals surface area (Å²) in [6, 6.07) is 0. The molecule has 6 nitrogen and oxygen atoms in total. The van der Waals surface area contributed by atoms with E-state index < -0.39 is 0 Å². The fourth-order valence-electron chi connectivity index (χ4n) is 3.63. The molecule has 0 unspecified atom stereocenters. The maximum absolute atomic E-state index is 9.23. The summed E-state index contributed by atoms with van der Waals surface area (Å²) in [5.41, 5.74) is 1.44. The zero-order valence-electron chi connectivity index (χ0n) is 14.0. The average Bonchev–Trinajstić information content (AvgIpc) is 2.82. The van der Waals surface area contributed by atoms with Crippen molar-refractivity contribution in [1.29, 1.82) is 0 Å². The minimum atomic E-state index is 0.112. The van der Waals surface area contributed by atoms with E-state index in [1.165, 1.54) is 41.5 Å². The first-order valence-electron chi connectivity index (χ1n) is 8.99. The Morgan fingerprint density at radius 1 is 1.12 bits per heavy atom. The molecular formula is C17H25N5OS. The van der Waals surface area contributed by atoms with Crippen molar-refractivity contribution < 1.29 is 5.11 Å². The zero-order valence-corrected chi connectivity index (χ0v) is 14.8. The Morgan fingerprint density at radius 3 is 2.79 bits per heavy atom. The van der Waals surface area contributed by atoms with E-state index in [9.17, 15) is 5.11 Å². The lowest BCUT2D eigenvalue weighted by Crippen LogP contribution is -2.44. The van der Waals surface area contributed by atoms with Gasteiger partial charge < -0.3 is 20.6 Å². The highest BCUT2D eigenvalue weighted by Crippen LogP contribution is 2.38. The Kier molecular flexibility index (Phi) is 4.82. The third-order valence-electron chi connectivity index (χ3n) is 4.86. The van der Waals surface area contributed by atoms with Crippen molar-refractivity contribution in [2.24, 2.45) is 0 Å². The van der Waals surface area contributed by atoms with Crippen LogP contribution in [-0.4, -0.2) is 54.4 Å². The predicted molar refractivity (Wildman–Crippen MR) is 99.3 cm³/mol. The fraction of sp³-hybridized carbons (Fsp3) is 0.647. The largest absolute Gasteiger partial charge is 0.395 e. The van der Waals surface area contributed by atoms with Crippen LogP contribution < -0.4 is 15.5 Å². The number of aryl methyl sites for hydroxylation is 2. The topological polar surface area (TPSA) is 73.3 Å². The summed E-state index contributed by atoms with van der Waals surface area (Å²) < 4.78 is 0. The number of aliphatic hydroxyl groups excluding tert-OH is 1. The van der Waals surface area contributed by atoms with Gasteiger partial charge in [0.15, 0.2) is 0 Å². The number of anilines is 2. The lowest BCUT2D eigenvalue weighted by molar-refractivity contribution is 0.311. The third-order valence-corrected chi connectivity index (χ3v) is 6.04. The van der Waals surface area contributed by atoms with E-state index in [4.69, 9.17) is 9.97 Å². The number of nitrogens with zero attached hydrogens (tertiary/aromatic N) is 3. The Morgan fingerprint density at radius 2 is 1.96 bits per heavy atom. The van der Waals surface area contributed by atoms with Gasteiger partial charge >= 0.3 is 0 Å². The Bertz CT molecular complexity index is 711. The van der Waals surface area contributed by atoms with E-state index in [0.717, 1.165) is 49.2 Å². The molecule has 1 saturated heterocycles. The molecule has 0 radical (unpaired) electrons. The molecule has 3 N–H and O–H groups in total. The minimum absolute atomic E-state index is 0.112. The molecule has 1 fully saturated rings. The number of aromatic nitrogens is 2. The van der Waals surface area contributed by atoms with E-state index in [1.54, 1.807) is 0 Å². The first kappa shape index (κ1) is 16.1. The molecule has 24 heavy (non-hydrogen) atoms. The van der Waals surface area contributed by atoms with Gasteiger partial charge in [0, 0.05) is 37.6 Å². The number of thiophene rings is 1. The first-order chi connectivity index (χ1) is 11.9. The predicted octanol–water partition coefficient (Wildman–Crippen LogP) is 1.77. The van der Waals surface area contributed by atoms with Crippen LogP contribution in [-0.2, 0) is 12.8 Å². The van der Waals surface area contributed by atoms with E-state index in [1.807, 2.05) is 11.3 Å². The highest BCUT2D eigenvalue weighted by Gasteiger charge is 2.22. The lowest BCUT2D eigenvalue weighted by Gasteiger charge is -2.27. The number of piperazine rings is 1. The van der Waals surface area contributed by atoms with Gasteiger partial charge in [-0.25, -0.2) is 4.98 Å².